The number of imidazole rings is 1. The minimum Gasteiger partial charge on any atom is -0.397 e. The number of hydrogen-bond donors (Lipinski definition) is 1. The third-order valence-electron chi connectivity index (χ3n) is 3.03. The van der Waals surface area contributed by atoms with Crippen molar-refractivity contribution in [3.8, 4) is 10.7 Å². The molecule has 0 aliphatic carbocycles. The van der Waals surface area contributed by atoms with E-state index in [0.717, 1.165) is 27.4 Å². The fourth-order valence-electron chi connectivity index (χ4n) is 2.26. The van der Waals surface area contributed by atoms with Gasteiger partial charge in [0, 0.05) is 11.7 Å². The van der Waals surface area contributed by atoms with E-state index >= 15 is 0 Å². The first-order valence-electron chi connectivity index (χ1n) is 6.15. The molecule has 0 spiro atoms. The van der Waals surface area contributed by atoms with Crippen LogP contribution in [0.4, 0.5) is 5.69 Å². The zero-order valence-corrected chi connectivity index (χ0v) is 12.0. The molecule has 0 amide bonds. The lowest BCUT2D eigenvalue weighted by Crippen LogP contribution is -2.22. The Labute approximate surface area is 115 Å². The predicted molar refractivity (Wildman–Crippen MR) is 80.2 cm³/mol. The predicted octanol–water partition coefficient (Wildman–Crippen LogP) is 3.50. The van der Waals surface area contributed by atoms with Crippen molar-refractivity contribution in [2.45, 2.75) is 26.3 Å². The molecule has 0 atom stereocenters. The summed E-state index contributed by atoms with van der Waals surface area (Å²) in [5.41, 5.74) is 8.75. The Morgan fingerprint density at radius 2 is 2.05 bits per heavy atom. The Morgan fingerprint density at radius 1 is 1.26 bits per heavy atom. The number of pyridine rings is 1. The highest BCUT2D eigenvalue weighted by molar-refractivity contribution is 7.14. The number of nitrogens with zero attached hydrogens (tertiary/aromatic N) is 3. The van der Waals surface area contributed by atoms with Crippen LogP contribution in [0.15, 0.2) is 29.9 Å². The first-order valence-corrected chi connectivity index (χ1v) is 7.03. The molecule has 5 heteroatoms. The van der Waals surface area contributed by atoms with Crippen LogP contribution in [0.2, 0.25) is 0 Å². The van der Waals surface area contributed by atoms with Gasteiger partial charge in [-0.3, -0.25) is 4.98 Å². The molecule has 0 aliphatic heterocycles. The highest BCUT2D eigenvalue weighted by atomic mass is 32.1. The summed E-state index contributed by atoms with van der Waals surface area (Å²) >= 11 is 1.62. The van der Waals surface area contributed by atoms with Crippen molar-refractivity contribution in [2.75, 3.05) is 5.73 Å². The number of hydrogen-bond acceptors (Lipinski definition) is 4. The van der Waals surface area contributed by atoms with Crippen LogP contribution in [0, 0.1) is 0 Å². The second kappa shape index (κ2) is 4.06. The van der Waals surface area contributed by atoms with Gasteiger partial charge in [0.25, 0.3) is 0 Å². The second-order valence-electron chi connectivity index (χ2n) is 5.51. The van der Waals surface area contributed by atoms with Crippen molar-refractivity contribution in [3.63, 3.8) is 0 Å². The molecular weight excluding hydrogens is 256 g/mol. The van der Waals surface area contributed by atoms with Crippen molar-refractivity contribution >= 4 is 28.1 Å². The highest BCUT2D eigenvalue weighted by Crippen LogP contribution is 2.36. The van der Waals surface area contributed by atoms with Gasteiger partial charge in [-0.1, -0.05) is 0 Å². The van der Waals surface area contributed by atoms with Crippen molar-refractivity contribution in [1.29, 1.82) is 0 Å². The van der Waals surface area contributed by atoms with E-state index in [1.165, 1.54) is 0 Å². The SMILES string of the molecule is CC(C)(C)n1c(-c2sccc2N)nc2cnccc21. The minimum atomic E-state index is -0.0676. The second-order valence-corrected chi connectivity index (χ2v) is 6.43. The smallest absolute Gasteiger partial charge is 0.153 e. The maximum Gasteiger partial charge on any atom is 0.153 e. The van der Waals surface area contributed by atoms with Crippen molar-refractivity contribution < 1.29 is 0 Å². The van der Waals surface area contributed by atoms with Gasteiger partial charge in [0.1, 0.15) is 5.52 Å². The number of nitrogen functional groups attached to an aromatic ring is 1. The molecule has 4 nitrogen and oxygen atoms in total. The van der Waals surface area contributed by atoms with E-state index in [4.69, 9.17) is 10.7 Å². The van der Waals surface area contributed by atoms with Gasteiger partial charge < -0.3 is 10.3 Å². The summed E-state index contributed by atoms with van der Waals surface area (Å²) in [6.45, 7) is 6.51. The Bertz CT molecular complexity index is 733. The molecule has 0 aliphatic rings. The van der Waals surface area contributed by atoms with Crippen LogP contribution in [0.1, 0.15) is 20.8 Å². The number of anilines is 1. The third kappa shape index (κ3) is 1.90. The molecule has 0 fully saturated rings. The standard InChI is InChI=1S/C14H16N4S/c1-14(2,3)18-11-4-6-16-8-10(11)17-13(18)12-9(15)5-7-19-12/h4-8H,15H2,1-3H3. The quantitative estimate of drug-likeness (QED) is 0.737. The molecule has 0 unspecified atom stereocenters. The van der Waals surface area contributed by atoms with E-state index in [0.29, 0.717) is 0 Å². The Balaban J connectivity index is 2.39. The Morgan fingerprint density at radius 3 is 2.68 bits per heavy atom. The summed E-state index contributed by atoms with van der Waals surface area (Å²) < 4.78 is 2.23. The maximum absolute atomic E-state index is 6.05. The van der Waals surface area contributed by atoms with Gasteiger partial charge in [-0.15, -0.1) is 11.3 Å². The van der Waals surface area contributed by atoms with Crippen molar-refractivity contribution in [3.05, 3.63) is 29.9 Å². The van der Waals surface area contributed by atoms with E-state index in [1.54, 1.807) is 23.7 Å². The summed E-state index contributed by atoms with van der Waals surface area (Å²) in [5.74, 6) is 0.919. The molecule has 3 aromatic heterocycles. The maximum atomic E-state index is 6.05. The molecule has 2 N–H and O–H groups in total. The molecule has 0 bridgehead atoms. The number of rotatable bonds is 1. The molecule has 19 heavy (non-hydrogen) atoms. The van der Waals surface area contributed by atoms with E-state index in [2.05, 4.69) is 30.3 Å². The van der Waals surface area contributed by atoms with Crippen LogP contribution in [0.25, 0.3) is 21.7 Å². The lowest BCUT2D eigenvalue weighted by molar-refractivity contribution is 0.413. The monoisotopic (exact) mass is 272 g/mol. The van der Waals surface area contributed by atoms with Crippen LogP contribution < -0.4 is 5.73 Å². The van der Waals surface area contributed by atoms with Crippen molar-refractivity contribution in [1.82, 2.24) is 14.5 Å². The summed E-state index contributed by atoms with van der Waals surface area (Å²) in [6, 6.07) is 3.92. The van der Waals surface area contributed by atoms with E-state index < -0.39 is 0 Å². The van der Waals surface area contributed by atoms with Crippen LogP contribution in [-0.4, -0.2) is 14.5 Å². The molecule has 0 saturated heterocycles. The molecule has 3 aromatic rings. The van der Waals surface area contributed by atoms with Gasteiger partial charge >= 0.3 is 0 Å². The lowest BCUT2D eigenvalue weighted by Gasteiger charge is -2.24. The Kier molecular flexibility index (Phi) is 2.60. The molecule has 0 aromatic carbocycles. The lowest BCUT2D eigenvalue weighted by atomic mass is 10.1. The van der Waals surface area contributed by atoms with Gasteiger partial charge in [-0.2, -0.15) is 0 Å². The minimum absolute atomic E-state index is 0.0676. The number of fused-ring (bicyclic) bond motifs is 1. The van der Waals surface area contributed by atoms with Gasteiger partial charge in [-0.05, 0) is 38.3 Å². The van der Waals surface area contributed by atoms with Gasteiger partial charge in [-0.25, -0.2) is 4.98 Å². The van der Waals surface area contributed by atoms with Gasteiger partial charge in [0.15, 0.2) is 5.82 Å². The normalized spacial score (nSPS) is 12.2. The van der Waals surface area contributed by atoms with Crippen molar-refractivity contribution in [2.24, 2.45) is 0 Å². The summed E-state index contributed by atoms with van der Waals surface area (Å²) in [7, 11) is 0. The zero-order valence-electron chi connectivity index (χ0n) is 11.2. The molecule has 3 heterocycles. The van der Waals surface area contributed by atoms with E-state index in [-0.39, 0.29) is 5.54 Å². The number of nitrogens with two attached hydrogens (primary N) is 1. The third-order valence-corrected chi connectivity index (χ3v) is 3.95. The van der Waals surface area contributed by atoms with Crippen LogP contribution >= 0.6 is 11.3 Å². The molecule has 3 rings (SSSR count). The highest BCUT2D eigenvalue weighted by Gasteiger charge is 2.23. The van der Waals surface area contributed by atoms with E-state index in [1.807, 2.05) is 17.5 Å². The van der Waals surface area contributed by atoms with Crippen LogP contribution in [-0.2, 0) is 5.54 Å². The molecule has 0 radical (unpaired) electrons. The Hall–Kier alpha value is -1.88. The van der Waals surface area contributed by atoms with E-state index in [9.17, 15) is 0 Å². The fraction of sp³-hybridized carbons (Fsp3) is 0.286. The first kappa shape index (κ1) is 12.2. The van der Waals surface area contributed by atoms with Crippen LogP contribution in [0.5, 0.6) is 0 Å². The largest absolute Gasteiger partial charge is 0.397 e. The summed E-state index contributed by atoms with van der Waals surface area (Å²) in [5, 5.41) is 2.00. The topological polar surface area (TPSA) is 56.7 Å². The van der Waals surface area contributed by atoms with Gasteiger partial charge in [0.05, 0.1) is 22.3 Å². The number of aromatic nitrogens is 3. The van der Waals surface area contributed by atoms with Crippen LogP contribution in [0.3, 0.4) is 0 Å². The zero-order chi connectivity index (χ0) is 13.6. The summed E-state index contributed by atoms with van der Waals surface area (Å²) in [6.07, 6.45) is 3.60. The average Bonchev–Trinajstić information content (AvgIpc) is 2.90. The first-order chi connectivity index (χ1) is 8.98. The fourth-order valence-corrected chi connectivity index (χ4v) is 3.06. The molecule has 98 valence electrons. The summed E-state index contributed by atoms with van der Waals surface area (Å²) in [4.78, 5) is 9.88. The number of thiophene rings is 1. The van der Waals surface area contributed by atoms with Gasteiger partial charge in [0.2, 0.25) is 0 Å². The molecule has 0 saturated carbocycles. The average molecular weight is 272 g/mol. The molecular formula is C14H16N4S.